The Hall–Kier alpha value is -2.27. The molecular weight excluding hydrogens is 296 g/mol. The van der Waals surface area contributed by atoms with Crippen molar-refractivity contribution in [3.63, 3.8) is 0 Å². The molecule has 0 saturated heterocycles. The molecule has 2 nitrogen and oxygen atoms in total. The van der Waals surface area contributed by atoms with Crippen molar-refractivity contribution in [2.75, 3.05) is 6.61 Å². The van der Waals surface area contributed by atoms with E-state index < -0.39 is 0 Å². The number of hydrogen-bond acceptors (Lipinski definition) is 2. The van der Waals surface area contributed by atoms with Gasteiger partial charge in [-0.1, -0.05) is 48.9 Å². The average molecular weight is 320 g/mol. The van der Waals surface area contributed by atoms with E-state index in [2.05, 4.69) is 55.5 Å². The molecule has 2 heteroatoms. The number of benzene rings is 1. The highest BCUT2D eigenvalue weighted by Crippen LogP contribution is 2.63. The van der Waals surface area contributed by atoms with Gasteiger partial charge in [-0.25, -0.2) is 0 Å². The van der Waals surface area contributed by atoms with Crippen LogP contribution in [0.15, 0.2) is 36.4 Å². The van der Waals surface area contributed by atoms with Crippen molar-refractivity contribution in [1.29, 1.82) is 0 Å². The Morgan fingerprint density at radius 1 is 1.08 bits per heavy atom. The Kier molecular flexibility index (Phi) is 4.62. The number of carbonyl (C=O) groups excluding carboxylic acids is 1. The molecule has 3 rings (SSSR count). The zero-order valence-corrected chi connectivity index (χ0v) is 14.8. The van der Waals surface area contributed by atoms with Gasteiger partial charge in [0.2, 0.25) is 0 Å². The molecule has 124 valence electrons. The predicted molar refractivity (Wildman–Crippen MR) is 94.8 cm³/mol. The number of hydrogen-bond donors (Lipinski definition) is 0. The van der Waals surface area contributed by atoms with Crippen LogP contribution in [-0.4, -0.2) is 12.6 Å². The Balaban J connectivity index is 1.89. The highest BCUT2D eigenvalue weighted by Gasteiger charge is 2.56. The first-order chi connectivity index (χ1) is 11.5. The van der Waals surface area contributed by atoms with Crippen molar-refractivity contribution in [3.05, 3.63) is 70.8 Å². The Morgan fingerprint density at radius 3 is 2.38 bits per heavy atom. The summed E-state index contributed by atoms with van der Waals surface area (Å²) in [4.78, 5) is 12.2. The van der Waals surface area contributed by atoms with E-state index in [-0.39, 0.29) is 17.8 Å². The van der Waals surface area contributed by atoms with Gasteiger partial charge >= 0.3 is 5.97 Å². The van der Waals surface area contributed by atoms with Crippen LogP contribution in [0.1, 0.15) is 47.9 Å². The van der Waals surface area contributed by atoms with E-state index in [1.165, 1.54) is 11.1 Å². The molecule has 0 amide bonds. The summed E-state index contributed by atoms with van der Waals surface area (Å²) in [5.74, 6) is 0.703. The van der Waals surface area contributed by atoms with E-state index in [9.17, 15) is 4.79 Å². The fourth-order valence-corrected chi connectivity index (χ4v) is 3.67. The van der Waals surface area contributed by atoms with Gasteiger partial charge in [0.1, 0.15) is 0 Å². The number of ether oxygens (including phenoxy) is 1. The van der Waals surface area contributed by atoms with Crippen molar-refractivity contribution in [2.24, 2.45) is 11.8 Å². The summed E-state index contributed by atoms with van der Waals surface area (Å²) in [6, 6.07) is 19.3. The fraction of sp³-hybridized carbons (Fsp3) is 0.409. The van der Waals surface area contributed by atoms with Gasteiger partial charge in [-0.15, -0.1) is 0 Å². The van der Waals surface area contributed by atoms with Gasteiger partial charge in [0, 0.05) is 11.5 Å². The van der Waals surface area contributed by atoms with Crippen LogP contribution >= 0.6 is 0 Å². The third-order valence-corrected chi connectivity index (χ3v) is 5.05. The molecule has 1 aliphatic rings. The fourth-order valence-electron chi connectivity index (χ4n) is 3.67. The summed E-state index contributed by atoms with van der Waals surface area (Å²) in [5.41, 5.74) is 4.77. The van der Waals surface area contributed by atoms with Gasteiger partial charge < -0.3 is 4.74 Å². The van der Waals surface area contributed by atoms with E-state index in [4.69, 9.17) is 4.74 Å². The molecule has 0 radical (unpaired) electrons. The molecule has 0 aliphatic heterocycles. The summed E-state index contributed by atoms with van der Waals surface area (Å²) in [6.45, 7) is 8.38. The van der Waals surface area contributed by atoms with E-state index in [1.807, 2.05) is 20.8 Å². The van der Waals surface area contributed by atoms with Crippen LogP contribution in [0, 0.1) is 37.8 Å². The average Bonchev–Trinajstić information content (AvgIpc) is 3.31. The smallest absolute Gasteiger partial charge is 0.308 e. The minimum atomic E-state index is -0.115. The molecule has 0 heterocycles. The molecule has 0 aromatic heterocycles. The first kappa shape index (κ1) is 16.6. The molecule has 0 N–H and O–H groups in total. The zero-order chi connectivity index (χ0) is 17.3. The molecule has 2 aromatic carbocycles. The molecule has 1 fully saturated rings. The highest BCUT2D eigenvalue weighted by molar-refractivity contribution is 5.73. The van der Waals surface area contributed by atoms with Crippen molar-refractivity contribution in [3.8, 4) is 0 Å². The first-order valence-electron chi connectivity index (χ1n) is 8.66. The Labute approximate surface area is 144 Å². The third kappa shape index (κ3) is 3.17. The molecule has 2 aromatic rings. The van der Waals surface area contributed by atoms with E-state index in [1.54, 1.807) is 0 Å². The summed E-state index contributed by atoms with van der Waals surface area (Å²) >= 11 is 0. The summed E-state index contributed by atoms with van der Waals surface area (Å²) in [7, 11) is 0. The van der Waals surface area contributed by atoms with Crippen LogP contribution in [0.4, 0.5) is 0 Å². The van der Waals surface area contributed by atoms with Crippen LogP contribution < -0.4 is 0 Å². The zero-order valence-electron chi connectivity index (χ0n) is 14.8. The predicted octanol–water partition coefficient (Wildman–Crippen LogP) is 4.60. The maximum Gasteiger partial charge on any atom is 0.308 e. The second-order valence-electron chi connectivity index (χ2n) is 6.80. The SMILES string of the molecule is CCOC(=O)C(C)C1C(c2c#cc(C)cc2)C1c1ccc(C)cc1. The lowest BCUT2D eigenvalue weighted by atomic mass is 10.00. The number of rotatable bonds is 5. The first-order valence-corrected chi connectivity index (χ1v) is 8.66. The van der Waals surface area contributed by atoms with Crippen LogP contribution in [-0.2, 0) is 9.53 Å². The van der Waals surface area contributed by atoms with Gasteiger partial charge in [-0.2, -0.15) is 0 Å². The molecule has 0 spiro atoms. The van der Waals surface area contributed by atoms with Crippen LogP contribution in [0.3, 0.4) is 0 Å². The van der Waals surface area contributed by atoms with E-state index >= 15 is 0 Å². The summed E-state index contributed by atoms with van der Waals surface area (Å²) < 4.78 is 5.25. The maximum atomic E-state index is 12.2. The number of esters is 1. The van der Waals surface area contributed by atoms with Crippen molar-refractivity contribution in [2.45, 2.75) is 39.5 Å². The highest BCUT2D eigenvalue weighted by atomic mass is 16.5. The summed E-state index contributed by atoms with van der Waals surface area (Å²) in [5, 5.41) is 0. The Morgan fingerprint density at radius 2 is 1.79 bits per heavy atom. The quantitative estimate of drug-likeness (QED) is 0.753. The molecule has 1 aliphatic carbocycles. The lowest BCUT2D eigenvalue weighted by Gasteiger charge is -2.10. The number of aryl methyl sites for hydroxylation is 2. The molecule has 0 bridgehead atoms. The van der Waals surface area contributed by atoms with Gasteiger partial charge in [0.25, 0.3) is 0 Å². The standard InChI is InChI=1S/C22H24O2/c1-5-24-22(23)16(4)19-20(17-10-6-14(2)7-11-17)21(19)18-12-8-15(3)9-13-18/h6-8,10-12,16,19-21H,5H2,1-4H3. The van der Waals surface area contributed by atoms with Crippen molar-refractivity contribution < 1.29 is 9.53 Å². The summed E-state index contributed by atoms with van der Waals surface area (Å²) in [6.07, 6.45) is 0. The van der Waals surface area contributed by atoms with E-state index in [0.29, 0.717) is 18.4 Å². The normalized spacial score (nSPS) is 23.2. The second-order valence-corrected chi connectivity index (χ2v) is 6.80. The monoisotopic (exact) mass is 320 g/mol. The van der Waals surface area contributed by atoms with Crippen molar-refractivity contribution >= 4 is 5.97 Å². The molecular formula is C22H24O2. The Bertz CT molecular complexity index is 648. The second kappa shape index (κ2) is 6.69. The van der Waals surface area contributed by atoms with Crippen LogP contribution in [0.25, 0.3) is 0 Å². The molecule has 24 heavy (non-hydrogen) atoms. The third-order valence-electron chi connectivity index (χ3n) is 5.05. The minimum Gasteiger partial charge on any atom is -0.466 e. The number of carbonyl (C=O) groups is 1. The van der Waals surface area contributed by atoms with Gasteiger partial charge in [-0.3, -0.25) is 4.79 Å². The topological polar surface area (TPSA) is 26.3 Å². The minimum absolute atomic E-state index is 0.0989. The van der Waals surface area contributed by atoms with Crippen LogP contribution in [0.5, 0.6) is 0 Å². The maximum absolute atomic E-state index is 12.2. The van der Waals surface area contributed by atoms with Crippen LogP contribution in [0.2, 0.25) is 0 Å². The largest absolute Gasteiger partial charge is 0.466 e. The lowest BCUT2D eigenvalue weighted by Crippen LogP contribution is -2.17. The van der Waals surface area contributed by atoms with Gasteiger partial charge in [-0.05, 0) is 55.9 Å². The van der Waals surface area contributed by atoms with Gasteiger partial charge in [0.05, 0.1) is 12.5 Å². The van der Waals surface area contributed by atoms with Crippen molar-refractivity contribution in [1.82, 2.24) is 0 Å². The molecule has 4 unspecified atom stereocenters. The van der Waals surface area contributed by atoms with E-state index in [0.717, 1.165) is 11.1 Å². The lowest BCUT2D eigenvalue weighted by molar-refractivity contribution is -0.148. The molecule has 4 atom stereocenters. The van der Waals surface area contributed by atoms with Gasteiger partial charge in [0.15, 0.2) is 0 Å². The molecule has 1 saturated carbocycles.